The Labute approximate surface area is 127 Å². The first-order valence-corrected chi connectivity index (χ1v) is 8.38. The van der Waals surface area contributed by atoms with Crippen LogP contribution in [0.4, 0.5) is 0 Å². The summed E-state index contributed by atoms with van der Waals surface area (Å²) in [6, 6.07) is 3.53. The van der Waals surface area contributed by atoms with E-state index in [0.717, 1.165) is 12.8 Å². The van der Waals surface area contributed by atoms with Crippen molar-refractivity contribution in [2.75, 3.05) is 21.3 Å². The molecule has 1 fully saturated rings. The van der Waals surface area contributed by atoms with Gasteiger partial charge in [-0.15, -0.1) is 0 Å². The highest BCUT2D eigenvalue weighted by atomic mass is 31.1. The minimum atomic E-state index is 0.106. The van der Waals surface area contributed by atoms with Crippen LogP contribution >= 0.6 is 8.58 Å². The van der Waals surface area contributed by atoms with Crippen molar-refractivity contribution in [3.63, 3.8) is 0 Å². The van der Waals surface area contributed by atoms with Crippen molar-refractivity contribution in [3.05, 3.63) is 17.7 Å². The highest BCUT2D eigenvalue weighted by Gasteiger charge is 2.25. The summed E-state index contributed by atoms with van der Waals surface area (Å²) in [5.74, 6) is 1.60. The second-order valence-corrected chi connectivity index (χ2v) is 6.75. The fourth-order valence-electron chi connectivity index (χ4n) is 2.80. The lowest BCUT2D eigenvalue weighted by molar-refractivity contribution is 0.107. The van der Waals surface area contributed by atoms with Gasteiger partial charge in [0.05, 0.1) is 21.3 Å². The van der Waals surface area contributed by atoms with Gasteiger partial charge in [0.15, 0.2) is 17.0 Å². The van der Waals surface area contributed by atoms with Gasteiger partial charge in [-0.2, -0.15) is 0 Å². The van der Waals surface area contributed by atoms with Gasteiger partial charge in [-0.3, -0.25) is 4.79 Å². The summed E-state index contributed by atoms with van der Waals surface area (Å²) in [7, 11) is 4.97. The van der Waals surface area contributed by atoms with Gasteiger partial charge >= 0.3 is 0 Å². The fraction of sp³-hybridized carbons (Fsp3) is 0.562. The van der Waals surface area contributed by atoms with E-state index in [9.17, 15) is 4.79 Å². The second kappa shape index (κ2) is 7.65. The molecule has 0 aliphatic heterocycles. The molecule has 1 aromatic rings. The van der Waals surface area contributed by atoms with Crippen molar-refractivity contribution < 1.29 is 19.0 Å². The lowest BCUT2D eigenvalue weighted by Crippen LogP contribution is -2.11. The molecule has 0 spiro atoms. The van der Waals surface area contributed by atoms with Crippen LogP contribution in [0.15, 0.2) is 12.1 Å². The predicted octanol–water partition coefficient (Wildman–Crippen LogP) is 3.86. The SMILES string of the molecule is COc1ccc(OC)c(C(=O)PC2CCCCC2)c1OC. The zero-order valence-corrected chi connectivity index (χ0v) is 13.9. The number of rotatable bonds is 6. The molecule has 21 heavy (non-hydrogen) atoms. The number of hydrogen-bond donors (Lipinski definition) is 0. The third-order valence-corrected chi connectivity index (χ3v) is 5.39. The van der Waals surface area contributed by atoms with E-state index in [1.807, 2.05) is 0 Å². The fourth-order valence-corrected chi connectivity index (χ4v) is 4.25. The Bertz CT molecular complexity index is 495. The molecular weight excluding hydrogens is 287 g/mol. The van der Waals surface area contributed by atoms with Crippen LogP contribution in [0.1, 0.15) is 42.5 Å². The van der Waals surface area contributed by atoms with E-state index < -0.39 is 0 Å². The van der Waals surface area contributed by atoms with Gasteiger partial charge in [0.2, 0.25) is 0 Å². The molecule has 0 N–H and O–H groups in total. The first kappa shape index (κ1) is 16.1. The Balaban J connectivity index is 2.28. The van der Waals surface area contributed by atoms with Crippen LogP contribution in [0.5, 0.6) is 17.2 Å². The lowest BCUT2D eigenvalue weighted by atomic mass is 10.0. The quantitative estimate of drug-likeness (QED) is 0.748. The van der Waals surface area contributed by atoms with Crippen molar-refractivity contribution in [2.24, 2.45) is 0 Å². The Kier molecular flexibility index (Phi) is 5.86. The molecule has 1 aliphatic rings. The third-order valence-electron chi connectivity index (χ3n) is 3.89. The van der Waals surface area contributed by atoms with Gasteiger partial charge in [0, 0.05) is 0 Å². The zero-order valence-electron chi connectivity index (χ0n) is 12.9. The number of carbonyl (C=O) groups is 1. The number of ether oxygens (including phenoxy) is 3. The summed E-state index contributed by atoms with van der Waals surface area (Å²) in [6.45, 7) is 0. The van der Waals surface area contributed by atoms with Gasteiger partial charge in [0.1, 0.15) is 11.3 Å². The van der Waals surface area contributed by atoms with Crippen molar-refractivity contribution in [3.8, 4) is 17.2 Å². The Morgan fingerprint density at radius 2 is 1.62 bits per heavy atom. The molecule has 2 rings (SSSR count). The van der Waals surface area contributed by atoms with Crippen molar-refractivity contribution in [1.82, 2.24) is 0 Å². The molecule has 4 nitrogen and oxygen atoms in total. The lowest BCUT2D eigenvalue weighted by Gasteiger charge is -2.22. The summed E-state index contributed by atoms with van der Waals surface area (Å²) in [4.78, 5) is 12.7. The largest absolute Gasteiger partial charge is 0.496 e. The minimum absolute atomic E-state index is 0.106. The number of carbonyl (C=O) groups excluding carboxylic acids is 1. The van der Waals surface area contributed by atoms with Crippen molar-refractivity contribution >= 4 is 14.1 Å². The van der Waals surface area contributed by atoms with E-state index in [4.69, 9.17) is 14.2 Å². The average molecular weight is 310 g/mol. The number of hydrogen-bond acceptors (Lipinski definition) is 4. The van der Waals surface area contributed by atoms with Crippen LogP contribution in [-0.2, 0) is 0 Å². The van der Waals surface area contributed by atoms with Gasteiger partial charge in [-0.25, -0.2) is 0 Å². The van der Waals surface area contributed by atoms with Crippen LogP contribution in [0, 0.1) is 0 Å². The molecule has 0 heterocycles. The first-order chi connectivity index (χ1) is 10.2. The maximum atomic E-state index is 12.7. The molecule has 0 amide bonds. The zero-order chi connectivity index (χ0) is 15.2. The summed E-state index contributed by atoms with van der Waals surface area (Å²) >= 11 is 0. The van der Waals surface area contributed by atoms with Crippen molar-refractivity contribution in [1.29, 1.82) is 0 Å². The molecule has 1 aromatic carbocycles. The van der Waals surface area contributed by atoms with Crippen LogP contribution in [0.25, 0.3) is 0 Å². The summed E-state index contributed by atoms with van der Waals surface area (Å²) in [5.41, 5.74) is 1.13. The molecule has 0 bridgehead atoms. The van der Waals surface area contributed by atoms with Gasteiger partial charge in [-0.1, -0.05) is 19.3 Å². The second-order valence-electron chi connectivity index (χ2n) is 5.19. The monoisotopic (exact) mass is 310 g/mol. The van der Waals surface area contributed by atoms with E-state index in [1.54, 1.807) is 33.5 Å². The number of benzene rings is 1. The molecule has 5 heteroatoms. The normalized spacial score (nSPS) is 16.1. The van der Waals surface area contributed by atoms with Gasteiger partial charge < -0.3 is 14.2 Å². The smallest absolute Gasteiger partial charge is 0.188 e. The molecule has 1 unspecified atom stereocenters. The van der Waals surface area contributed by atoms with Crippen LogP contribution in [0.3, 0.4) is 0 Å². The molecule has 116 valence electrons. The number of methoxy groups -OCH3 is 3. The molecular formula is C16H23O4P. The van der Waals surface area contributed by atoms with Crippen molar-refractivity contribution in [2.45, 2.75) is 37.8 Å². The molecule has 1 saturated carbocycles. The molecule has 0 saturated heterocycles. The molecule has 0 aromatic heterocycles. The molecule has 0 radical (unpaired) electrons. The molecule has 1 aliphatic carbocycles. The van der Waals surface area contributed by atoms with E-state index in [0.29, 0.717) is 28.5 Å². The maximum absolute atomic E-state index is 12.7. The summed E-state index contributed by atoms with van der Waals surface area (Å²) in [6.07, 6.45) is 6.06. The maximum Gasteiger partial charge on any atom is 0.188 e. The van der Waals surface area contributed by atoms with E-state index in [-0.39, 0.29) is 14.1 Å². The molecule has 1 atom stereocenters. The Morgan fingerprint density at radius 1 is 1.00 bits per heavy atom. The summed E-state index contributed by atoms with van der Waals surface area (Å²) in [5, 5.41) is 0. The third kappa shape index (κ3) is 3.68. The standard InChI is InChI=1S/C16H23O4P/c1-18-12-9-10-13(19-2)15(20-3)14(12)16(17)21-11-7-5-4-6-8-11/h9-11,21H,4-8H2,1-3H3. The Hall–Kier alpha value is -1.28. The Morgan fingerprint density at radius 3 is 2.19 bits per heavy atom. The van der Waals surface area contributed by atoms with E-state index in [1.165, 1.54) is 19.3 Å². The van der Waals surface area contributed by atoms with Crippen LogP contribution < -0.4 is 14.2 Å². The van der Waals surface area contributed by atoms with E-state index >= 15 is 0 Å². The van der Waals surface area contributed by atoms with Gasteiger partial charge in [0.25, 0.3) is 0 Å². The summed E-state index contributed by atoms with van der Waals surface area (Å²) < 4.78 is 16.0. The minimum Gasteiger partial charge on any atom is -0.496 e. The van der Waals surface area contributed by atoms with Crippen LogP contribution in [-0.4, -0.2) is 32.5 Å². The van der Waals surface area contributed by atoms with E-state index in [2.05, 4.69) is 0 Å². The first-order valence-electron chi connectivity index (χ1n) is 7.31. The highest BCUT2D eigenvalue weighted by Crippen LogP contribution is 2.43. The van der Waals surface area contributed by atoms with Gasteiger partial charge in [-0.05, 0) is 39.2 Å². The van der Waals surface area contributed by atoms with Crippen LogP contribution in [0.2, 0.25) is 0 Å². The predicted molar refractivity (Wildman–Crippen MR) is 85.6 cm³/mol. The highest BCUT2D eigenvalue weighted by molar-refractivity contribution is 7.59. The average Bonchev–Trinajstić information content (AvgIpc) is 2.54. The topological polar surface area (TPSA) is 44.8 Å².